The molecule has 0 aromatic carbocycles. The molecule has 1 fully saturated rings. The molecule has 1 aliphatic rings. The summed E-state index contributed by atoms with van der Waals surface area (Å²) >= 11 is 1.37. The summed E-state index contributed by atoms with van der Waals surface area (Å²) in [5, 5.41) is 2.60. The van der Waals surface area contributed by atoms with Crippen LogP contribution in [0.15, 0.2) is 11.7 Å². The molecule has 0 unspecified atom stereocenters. The summed E-state index contributed by atoms with van der Waals surface area (Å²) in [6, 6.07) is 0. The van der Waals surface area contributed by atoms with Gasteiger partial charge in [0.2, 0.25) is 0 Å². The number of nitrogens with zero attached hydrogens (tertiary/aromatic N) is 1. The second-order valence-electron chi connectivity index (χ2n) is 8.91. The summed E-state index contributed by atoms with van der Waals surface area (Å²) < 4.78 is 26.1. The van der Waals surface area contributed by atoms with E-state index in [1.54, 1.807) is 46.3 Å². The molecule has 1 aromatic rings. The van der Waals surface area contributed by atoms with Gasteiger partial charge in [0, 0.05) is 0 Å². The minimum atomic E-state index is -4.22. The van der Waals surface area contributed by atoms with E-state index in [4.69, 9.17) is 23.0 Å². The monoisotopic (exact) mass is 494 g/mol. The van der Waals surface area contributed by atoms with E-state index < -0.39 is 49.7 Å². The maximum atomic E-state index is 12.7. The Labute approximate surface area is 191 Å². The van der Waals surface area contributed by atoms with Crippen molar-refractivity contribution in [3.8, 4) is 0 Å². The van der Waals surface area contributed by atoms with Crippen LogP contribution in [-0.2, 0) is 44.0 Å². The summed E-state index contributed by atoms with van der Waals surface area (Å²) in [6.45, 7) is 8.05. The van der Waals surface area contributed by atoms with Crippen molar-refractivity contribution in [1.82, 2.24) is 10.3 Å². The van der Waals surface area contributed by atoms with Crippen molar-refractivity contribution in [2.75, 3.05) is 19.9 Å². The number of amides is 1. The summed E-state index contributed by atoms with van der Waals surface area (Å²) in [6.07, 6.45) is 0.482. The zero-order valence-electron chi connectivity index (χ0n) is 18.8. The molecule has 0 aliphatic carbocycles. The molecule has 13 heteroatoms. The summed E-state index contributed by atoms with van der Waals surface area (Å²) in [5.41, 5.74) is 0.122. The van der Waals surface area contributed by atoms with Crippen molar-refractivity contribution in [2.24, 2.45) is 10.8 Å². The van der Waals surface area contributed by atoms with Crippen molar-refractivity contribution in [3.05, 3.63) is 16.6 Å². The number of aromatic nitrogens is 1. The second-order valence-corrected chi connectivity index (χ2v) is 11.7. The van der Waals surface area contributed by atoms with Crippen molar-refractivity contribution >= 4 is 37.4 Å². The average Bonchev–Trinajstić information content (AvgIpc) is 3.21. The van der Waals surface area contributed by atoms with Gasteiger partial charge in [-0.1, -0.05) is 0 Å². The molecule has 1 aromatic heterocycles. The number of esters is 2. The van der Waals surface area contributed by atoms with Crippen LogP contribution < -0.4 is 5.32 Å². The molecule has 1 aliphatic heterocycles. The fraction of sp³-hybridized carbons (Fsp3) is 0.684. The van der Waals surface area contributed by atoms with Crippen LogP contribution in [0.4, 0.5) is 0 Å². The first-order valence-electron chi connectivity index (χ1n) is 9.98. The van der Waals surface area contributed by atoms with Gasteiger partial charge >= 0.3 is 191 Å². The predicted octanol–water partition coefficient (Wildman–Crippen LogP) is 2.10. The zero-order valence-corrected chi connectivity index (χ0v) is 20.7. The van der Waals surface area contributed by atoms with Gasteiger partial charge < -0.3 is 0 Å². The van der Waals surface area contributed by atoms with E-state index in [1.807, 2.05) is 0 Å². The predicted molar refractivity (Wildman–Crippen MR) is 116 cm³/mol. The van der Waals surface area contributed by atoms with Gasteiger partial charge in [-0.05, 0) is 0 Å². The van der Waals surface area contributed by atoms with E-state index in [9.17, 15) is 19.3 Å². The number of ether oxygens (including phenoxy) is 2. The summed E-state index contributed by atoms with van der Waals surface area (Å²) in [5.74, 6) is -1.53. The fourth-order valence-corrected chi connectivity index (χ4v) is 4.68. The molecule has 1 amide bonds. The number of rotatable bonds is 9. The molecule has 11 nitrogen and oxygen atoms in total. The Balaban J connectivity index is 1.81. The van der Waals surface area contributed by atoms with Crippen LogP contribution in [-0.4, -0.2) is 53.8 Å². The third-order valence-corrected chi connectivity index (χ3v) is 6.65. The van der Waals surface area contributed by atoms with Gasteiger partial charge in [-0.3, -0.25) is 0 Å². The first-order valence-corrected chi connectivity index (χ1v) is 12.5. The first kappa shape index (κ1) is 26.6. The normalized spacial score (nSPS) is 20.8. The zero-order chi connectivity index (χ0) is 24.0. The third-order valence-electron chi connectivity index (χ3n) is 4.37. The Morgan fingerprint density at radius 3 is 2.69 bits per heavy atom. The van der Waals surface area contributed by atoms with Gasteiger partial charge in [0.15, 0.2) is 0 Å². The molecule has 2 heterocycles. The molecule has 0 saturated carbocycles. The van der Waals surface area contributed by atoms with Gasteiger partial charge in [-0.2, -0.15) is 0 Å². The molecule has 2 N–H and O–H groups in total. The third kappa shape index (κ3) is 8.02. The molecule has 1 atom stereocenters. The van der Waals surface area contributed by atoms with Crippen LogP contribution in [0.2, 0.25) is 0 Å². The molecule has 0 radical (unpaired) electrons. The fourth-order valence-electron chi connectivity index (χ4n) is 2.47. The number of hydrogen-bond donors (Lipinski definition) is 2. The molecule has 32 heavy (non-hydrogen) atoms. The maximum absolute atomic E-state index is 12.7. The minimum absolute atomic E-state index is 0.0160. The Hall–Kier alpha value is -1.69. The van der Waals surface area contributed by atoms with Crippen molar-refractivity contribution in [1.29, 1.82) is 0 Å². The first-order chi connectivity index (χ1) is 14.8. The van der Waals surface area contributed by atoms with Gasteiger partial charge in [-0.25, -0.2) is 0 Å². The number of carbonyl (C=O) groups excluding carboxylic acids is 3. The summed E-state index contributed by atoms with van der Waals surface area (Å²) in [7, 11) is -4.22. The second kappa shape index (κ2) is 11.0. The van der Waals surface area contributed by atoms with Crippen LogP contribution in [0.25, 0.3) is 0 Å². The Morgan fingerprint density at radius 1 is 1.34 bits per heavy atom. The van der Waals surface area contributed by atoms with Crippen LogP contribution in [0.1, 0.15) is 45.9 Å². The van der Waals surface area contributed by atoms with E-state index >= 15 is 0 Å². The van der Waals surface area contributed by atoms with E-state index in [-0.39, 0.29) is 26.2 Å². The Morgan fingerprint density at radius 2 is 2.06 bits per heavy atom. The molecule has 1 saturated heterocycles. The molecule has 2 rings (SSSR count). The van der Waals surface area contributed by atoms with Gasteiger partial charge in [0.25, 0.3) is 0 Å². The molecular weight excluding hydrogens is 463 g/mol. The van der Waals surface area contributed by atoms with Crippen LogP contribution in [0.5, 0.6) is 0 Å². The molecule has 182 valence electrons. The Kier molecular flexibility index (Phi) is 9.09. The molecule has 0 bridgehead atoms. The summed E-state index contributed by atoms with van der Waals surface area (Å²) in [4.78, 5) is 51.6. The van der Waals surface area contributed by atoms with Gasteiger partial charge in [-0.15, -0.1) is 0 Å². The van der Waals surface area contributed by atoms with Crippen LogP contribution in [0, 0.1) is 10.8 Å². The SMILES string of the molecule is CC(C)(C)C(=O)OCO[PH]1(O)OCC(C)(C)[C@H](C(=O)NCCC(=O)OCc2cncs2)O1. The van der Waals surface area contributed by atoms with E-state index in [0.717, 1.165) is 4.88 Å². The Bertz CT molecular complexity index is 797. The standard InChI is InChI=1S/C19H31N2O9PS/c1-18(2,3)17(24)27-12-29-31(25)28-10-19(4,5)15(30-31)16(23)21-7-6-14(22)26-9-13-8-20-11-32-13/h8,11,15,25,31H,6-7,9-10,12H2,1-5H3,(H,21,23)/t15-/m0/s1. The van der Waals surface area contributed by atoms with Crippen molar-refractivity contribution < 1.29 is 42.3 Å². The van der Waals surface area contributed by atoms with Crippen molar-refractivity contribution in [3.63, 3.8) is 0 Å². The molecular formula is C19H31N2O9PS. The van der Waals surface area contributed by atoms with E-state index in [2.05, 4.69) is 10.3 Å². The topological polar surface area (TPSA) is 143 Å². The number of carbonyl (C=O) groups is 3. The number of hydrogen-bond acceptors (Lipinski definition) is 11. The number of thiazole rings is 1. The van der Waals surface area contributed by atoms with Gasteiger partial charge in [0.05, 0.1) is 0 Å². The average molecular weight is 495 g/mol. The van der Waals surface area contributed by atoms with E-state index in [0.29, 0.717) is 0 Å². The van der Waals surface area contributed by atoms with Crippen LogP contribution in [0.3, 0.4) is 0 Å². The van der Waals surface area contributed by atoms with Crippen LogP contribution >= 0.6 is 19.5 Å². The van der Waals surface area contributed by atoms with Crippen molar-refractivity contribution in [2.45, 2.75) is 53.8 Å². The van der Waals surface area contributed by atoms with Gasteiger partial charge in [0.1, 0.15) is 0 Å². The molecule has 0 spiro atoms. The van der Waals surface area contributed by atoms with E-state index in [1.165, 1.54) is 11.3 Å². The number of nitrogens with one attached hydrogen (secondary N) is 1. The quantitative estimate of drug-likeness (QED) is 0.298.